The summed E-state index contributed by atoms with van der Waals surface area (Å²) in [6.07, 6.45) is 2.96. The zero-order valence-electron chi connectivity index (χ0n) is 11.5. The van der Waals surface area contributed by atoms with E-state index in [-0.39, 0.29) is 0 Å². The number of nitrogens with zero attached hydrogens (tertiary/aromatic N) is 3. The summed E-state index contributed by atoms with van der Waals surface area (Å²) in [7, 11) is 0. The third-order valence-corrected chi connectivity index (χ3v) is 5.01. The molecule has 0 amide bonds. The summed E-state index contributed by atoms with van der Waals surface area (Å²) < 4.78 is 3.04. The van der Waals surface area contributed by atoms with E-state index in [1.54, 1.807) is 0 Å². The van der Waals surface area contributed by atoms with E-state index in [1.807, 2.05) is 10.9 Å². The molecule has 3 rings (SSSR count). The fraction of sp³-hybridized carbons (Fsp3) is 0.400. The summed E-state index contributed by atoms with van der Waals surface area (Å²) in [5, 5.41) is 4.45. The predicted molar refractivity (Wildman–Crippen MR) is 89.3 cm³/mol. The van der Waals surface area contributed by atoms with Crippen LogP contribution in [-0.2, 0) is 6.54 Å². The minimum atomic E-state index is 0.377. The molecule has 4 nitrogen and oxygen atoms in total. The number of benzene rings is 1. The van der Waals surface area contributed by atoms with E-state index in [0.29, 0.717) is 12.1 Å². The zero-order valence-corrected chi connectivity index (χ0v) is 13.7. The maximum atomic E-state index is 6.12. The van der Waals surface area contributed by atoms with E-state index in [2.05, 4.69) is 69.8 Å². The first-order chi connectivity index (χ1) is 9.66. The van der Waals surface area contributed by atoms with Gasteiger partial charge < -0.3 is 5.73 Å². The van der Waals surface area contributed by atoms with Crippen LogP contribution in [0.4, 0.5) is 5.82 Å². The lowest BCUT2D eigenvalue weighted by atomic mass is 10.1. The van der Waals surface area contributed by atoms with Crippen LogP contribution in [0.5, 0.6) is 0 Å². The average Bonchev–Trinajstić information content (AvgIpc) is 2.97. The van der Waals surface area contributed by atoms with Crippen LogP contribution in [0.2, 0.25) is 0 Å². The molecule has 1 fully saturated rings. The Labute approximate surface area is 133 Å². The molecule has 1 aliphatic heterocycles. The summed E-state index contributed by atoms with van der Waals surface area (Å²) >= 11 is 2.24. The molecule has 0 bridgehead atoms. The molecule has 1 aromatic carbocycles. The van der Waals surface area contributed by atoms with Crippen molar-refractivity contribution in [1.82, 2.24) is 14.7 Å². The number of nitrogens with two attached hydrogens (primary N) is 1. The molecule has 2 unspecified atom stereocenters. The monoisotopic (exact) mass is 382 g/mol. The highest BCUT2D eigenvalue weighted by Crippen LogP contribution is 2.32. The lowest BCUT2D eigenvalue weighted by molar-refractivity contribution is 0.230. The molecule has 5 heteroatoms. The Bertz CT molecular complexity index is 581. The van der Waals surface area contributed by atoms with Gasteiger partial charge in [0.15, 0.2) is 0 Å². The number of anilines is 1. The van der Waals surface area contributed by atoms with Gasteiger partial charge in [0.25, 0.3) is 0 Å². The molecule has 2 heterocycles. The molecule has 1 saturated heterocycles. The van der Waals surface area contributed by atoms with Crippen LogP contribution >= 0.6 is 22.6 Å². The summed E-state index contributed by atoms with van der Waals surface area (Å²) in [4.78, 5) is 2.51. The maximum absolute atomic E-state index is 6.12. The van der Waals surface area contributed by atoms with Gasteiger partial charge >= 0.3 is 0 Å². The fourth-order valence-electron chi connectivity index (χ4n) is 2.97. The number of halogens is 1. The average molecular weight is 382 g/mol. The maximum Gasteiger partial charge on any atom is 0.135 e. The smallest absolute Gasteiger partial charge is 0.135 e. The zero-order chi connectivity index (χ0) is 14.1. The number of rotatable bonds is 3. The Morgan fingerprint density at radius 1 is 1.35 bits per heavy atom. The van der Waals surface area contributed by atoms with Crippen molar-refractivity contribution in [3.63, 3.8) is 0 Å². The van der Waals surface area contributed by atoms with Crippen LogP contribution in [-0.4, -0.2) is 27.3 Å². The van der Waals surface area contributed by atoms with E-state index in [4.69, 9.17) is 5.73 Å². The molecular weight excluding hydrogens is 363 g/mol. The van der Waals surface area contributed by atoms with Crippen LogP contribution < -0.4 is 5.73 Å². The van der Waals surface area contributed by atoms with Gasteiger partial charge in [-0.2, -0.15) is 5.10 Å². The first kappa shape index (κ1) is 13.9. The van der Waals surface area contributed by atoms with Crippen LogP contribution in [0, 0.1) is 3.57 Å². The van der Waals surface area contributed by atoms with Gasteiger partial charge in [-0.05, 0) is 41.5 Å². The third-order valence-electron chi connectivity index (χ3n) is 4.17. The van der Waals surface area contributed by atoms with E-state index >= 15 is 0 Å². The van der Waals surface area contributed by atoms with Gasteiger partial charge in [0.05, 0.1) is 15.8 Å². The Morgan fingerprint density at radius 2 is 2.10 bits per heavy atom. The molecular formula is C15H19IN4. The molecule has 1 aliphatic rings. The van der Waals surface area contributed by atoms with Crippen molar-refractivity contribution in [2.45, 2.75) is 32.0 Å². The summed E-state index contributed by atoms with van der Waals surface area (Å²) in [6.45, 7) is 4.36. The fourth-order valence-corrected chi connectivity index (χ4v) is 3.34. The van der Waals surface area contributed by atoms with E-state index < -0.39 is 0 Å². The molecule has 2 aromatic rings. The molecule has 1 aromatic heterocycles. The molecule has 20 heavy (non-hydrogen) atoms. The lowest BCUT2D eigenvalue weighted by Crippen LogP contribution is -2.31. The molecule has 0 spiro atoms. The highest BCUT2D eigenvalue weighted by Gasteiger charge is 2.33. The number of hydrogen-bond donors (Lipinski definition) is 1. The Morgan fingerprint density at radius 3 is 2.75 bits per heavy atom. The SMILES string of the molecule is CC1C(n2ncc(I)c2N)CCN1Cc1ccccc1. The van der Waals surface area contributed by atoms with Crippen LogP contribution in [0.15, 0.2) is 36.5 Å². The quantitative estimate of drug-likeness (QED) is 0.831. The van der Waals surface area contributed by atoms with Gasteiger partial charge in [0.1, 0.15) is 5.82 Å². The van der Waals surface area contributed by atoms with Crippen LogP contribution in [0.3, 0.4) is 0 Å². The van der Waals surface area contributed by atoms with Crippen molar-refractivity contribution in [2.75, 3.05) is 12.3 Å². The highest BCUT2D eigenvalue weighted by atomic mass is 127. The minimum absolute atomic E-state index is 0.377. The van der Waals surface area contributed by atoms with Crippen molar-refractivity contribution in [3.05, 3.63) is 45.7 Å². The van der Waals surface area contributed by atoms with E-state index in [0.717, 1.165) is 28.9 Å². The second-order valence-corrected chi connectivity index (χ2v) is 6.54. The topological polar surface area (TPSA) is 47.1 Å². The molecule has 0 radical (unpaired) electrons. The number of nitrogen functional groups attached to an aromatic ring is 1. The molecule has 2 atom stereocenters. The van der Waals surface area contributed by atoms with Crippen molar-refractivity contribution >= 4 is 28.4 Å². The second kappa shape index (κ2) is 5.73. The first-order valence-electron chi connectivity index (χ1n) is 6.93. The van der Waals surface area contributed by atoms with Crippen LogP contribution in [0.1, 0.15) is 24.9 Å². The number of aromatic nitrogens is 2. The van der Waals surface area contributed by atoms with Gasteiger partial charge in [0, 0.05) is 19.1 Å². The summed E-state index contributed by atoms with van der Waals surface area (Å²) in [5.41, 5.74) is 7.48. The van der Waals surface area contributed by atoms with Gasteiger partial charge in [-0.15, -0.1) is 0 Å². The van der Waals surface area contributed by atoms with Gasteiger partial charge in [-0.1, -0.05) is 30.3 Å². The summed E-state index contributed by atoms with van der Waals surface area (Å²) in [5.74, 6) is 0.795. The van der Waals surface area contributed by atoms with Gasteiger partial charge in [-0.3, -0.25) is 4.90 Å². The normalized spacial score (nSPS) is 23.3. The molecule has 0 aliphatic carbocycles. The highest BCUT2D eigenvalue weighted by molar-refractivity contribution is 14.1. The Hall–Kier alpha value is -1.08. The van der Waals surface area contributed by atoms with Crippen LogP contribution in [0.25, 0.3) is 0 Å². The van der Waals surface area contributed by atoms with Gasteiger partial charge in [0.2, 0.25) is 0 Å². The van der Waals surface area contributed by atoms with E-state index in [9.17, 15) is 0 Å². The molecule has 106 valence electrons. The summed E-state index contributed by atoms with van der Waals surface area (Å²) in [6, 6.07) is 11.5. The molecule has 0 saturated carbocycles. The van der Waals surface area contributed by atoms with E-state index in [1.165, 1.54) is 5.56 Å². The largest absolute Gasteiger partial charge is 0.383 e. The Kier molecular flexibility index (Phi) is 3.98. The number of likely N-dealkylation sites (tertiary alicyclic amines) is 1. The molecule has 2 N–H and O–H groups in total. The minimum Gasteiger partial charge on any atom is -0.383 e. The van der Waals surface area contributed by atoms with Crippen molar-refractivity contribution in [1.29, 1.82) is 0 Å². The van der Waals surface area contributed by atoms with Crippen molar-refractivity contribution in [2.24, 2.45) is 0 Å². The van der Waals surface area contributed by atoms with Crippen molar-refractivity contribution < 1.29 is 0 Å². The number of hydrogen-bond acceptors (Lipinski definition) is 3. The van der Waals surface area contributed by atoms with Gasteiger partial charge in [-0.25, -0.2) is 4.68 Å². The first-order valence-corrected chi connectivity index (χ1v) is 8.01. The predicted octanol–water partition coefficient (Wildman–Crippen LogP) is 2.91. The lowest BCUT2D eigenvalue weighted by Gasteiger charge is -2.25. The second-order valence-electron chi connectivity index (χ2n) is 5.38. The van der Waals surface area contributed by atoms with Crippen molar-refractivity contribution in [3.8, 4) is 0 Å². The standard InChI is InChI=1S/C15H19IN4/c1-11-14(20-15(17)13(16)9-18-20)7-8-19(11)10-12-5-3-2-4-6-12/h2-6,9,11,14H,7-8,10,17H2,1H3. The Balaban J connectivity index is 1.74. The third kappa shape index (κ3) is 2.56.